The number of hydrogen-bond acceptors (Lipinski definition) is 31. The van der Waals surface area contributed by atoms with Crippen LogP contribution >= 0.6 is 0 Å². The molecular formula is C59H56B9O31S5-3. The zero-order valence-corrected chi connectivity index (χ0v) is 58.6. The van der Waals surface area contributed by atoms with E-state index < -0.39 is 237 Å². The van der Waals surface area contributed by atoms with Gasteiger partial charge in [-0.2, -0.15) is 16.8 Å². The van der Waals surface area contributed by atoms with Gasteiger partial charge in [0.25, 0.3) is 20.2 Å². The second-order valence-electron chi connectivity index (χ2n) is 25.3. The fourth-order valence-corrected chi connectivity index (χ4v) is 19.8. The Bertz CT molecular complexity index is 4320. The Morgan fingerprint density at radius 3 is 1.19 bits per heavy atom. The average molecular weight is 1520 g/mol. The SMILES string of the molecule is [B]Cc1cc(C[B])c(C[B])c(C(=O)OC2C3CC4C2OS(=O)(=O)C4C3C(=O)OCCS(=O)(=O)[O-])c1.[B]Cc1cc(C[B])c(C[B])c(C(=O)OC2C3OC(=O)C4C3OC2C4C(=O)OCCS(=O)(=O)[O-])c1.[B]Cc1cc(C[B])c(C[B])c(C(=O)OC2C3OS(=O)(=O)C4C3OC2C4C(=O)OCCS(=O)(=O)[O-])c1. The van der Waals surface area contributed by atoms with Gasteiger partial charge in [-0.25, -0.2) is 39.6 Å². The summed E-state index contributed by atoms with van der Waals surface area (Å²) in [7, 11) is 29.6. The van der Waals surface area contributed by atoms with Crippen molar-refractivity contribution in [3.63, 3.8) is 0 Å². The number of benzene rings is 3. The van der Waals surface area contributed by atoms with Crippen LogP contribution in [0.5, 0.6) is 0 Å². The molecule has 18 atom stereocenters. The third kappa shape index (κ3) is 16.2. The van der Waals surface area contributed by atoms with Gasteiger partial charge in [0.05, 0.1) is 141 Å². The maximum atomic E-state index is 13.2. The third-order valence-electron chi connectivity index (χ3n) is 19.5. The van der Waals surface area contributed by atoms with E-state index in [1.54, 1.807) is 18.2 Å². The smallest absolute Gasteiger partial charge is 0.338 e. The van der Waals surface area contributed by atoms with Gasteiger partial charge in [-0.15, -0.1) is 0 Å². The second kappa shape index (κ2) is 31.7. The molecule has 12 rings (SSSR count). The van der Waals surface area contributed by atoms with Gasteiger partial charge in [-0.3, -0.25) is 27.5 Å². The first-order chi connectivity index (χ1) is 48.9. The van der Waals surface area contributed by atoms with Crippen molar-refractivity contribution in [1.82, 2.24) is 0 Å². The molecule has 7 heterocycles. The molecule has 2 aliphatic carbocycles. The summed E-state index contributed by atoms with van der Waals surface area (Å²) in [5.41, 5.74) is 5.40. The summed E-state index contributed by atoms with van der Waals surface area (Å²) in [5, 5.41) is -2.62. The van der Waals surface area contributed by atoms with Gasteiger partial charge < -0.3 is 56.3 Å². The molecule has 0 N–H and O–H groups in total. The van der Waals surface area contributed by atoms with Crippen LogP contribution in [-0.2, 0) is 178 Å². The normalized spacial score (nSPS) is 29.9. The van der Waals surface area contributed by atoms with Gasteiger partial charge in [-0.05, 0) is 41.3 Å². The van der Waals surface area contributed by atoms with Crippen LogP contribution in [0.2, 0.25) is 0 Å². The average Bonchev–Trinajstić information content (AvgIpc) is 1.58. The fourth-order valence-electron chi connectivity index (χ4n) is 15.1. The lowest BCUT2D eigenvalue weighted by atomic mass is 9.78. The highest BCUT2D eigenvalue weighted by molar-refractivity contribution is 7.88. The molecule has 0 aromatic heterocycles. The van der Waals surface area contributed by atoms with Gasteiger partial charge in [-0.1, -0.05) is 108 Å². The summed E-state index contributed by atoms with van der Waals surface area (Å²) in [4.78, 5) is 89.9. The maximum Gasteiger partial charge on any atom is 0.338 e. The molecule has 3 aromatic rings. The van der Waals surface area contributed by atoms with Gasteiger partial charge in [0.15, 0.2) is 18.3 Å². The van der Waals surface area contributed by atoms with Gasteiger partial charge in [0.1, 0.15) is 90.8 Å². The van der Waals surface area contributed by atoms with E-state index in [1.165, 1.54) is 18.2 Å². The minimum absolute atomic E-state index is 0.00704. The molecular weight excluding hydrogens is 1460 g/mol. The fraction of sp³-hybridized carbons (Fsp3) is 0.576. The van der Waals surface area contributed by atoms with E-state index in [0.717, 1.165) is 0 Å². The summed E-state index contributed by atoms with van der Waals surface area (Å²) in [6.07, 6.45) is -9.90. The summed E-state index contributed by atoms with van der Waals surface area (Å²) >= 11 is 0. The molecule has 45 heteroatoms. The van der Waals surface area contributed by atoms with E-state index >= 15 is 0 Å². The van der Waals surface area contributed by atoms with Crippen molar-refractivity contribution in [2.45, 2.75) is 135 Å². The number of esters is 7. The molecule has 18 radical (unpaired) electrons. The van der Waals surface area contributed by atoms with E-state index in [1.807, 2.05) is 0 Å². The molecule has 18 unspecified atom stereocenters. The molecule has 0 amide bonds. The monoisotopic (exact) mass is 1520 g/mol. The lowest BCUT2D eigenvalue weighted by molar-refractivity contribution is -0.155. The molecule has 9 fully saturated rings. The number of hydrogen-bond donors (Lipinski definition) is 0. The quantitative estimate of drug-likeness (QED) is 0.0226. The van der Waals surface area contributed by atoms with Crippen LogP contribution in [0.25, 0.3) is 0 Å². The van der Waals surface area contributed by atoms with Crippen LogP contribution in [0.4, 0.5) is 0 Å². The Labute approximate surface area is 610 Å². The number of carbonyl (C=O) groups is 7. The molecule has 31 nitrogen and oxygen atoms in total. The van der Waals surface area contributed by atoms with Crippen LogP contribution in [0.3, 0.4) is 0 Å². The van der Waals surface area contributed by atoms with E-state index in [0.29, 0.717) is 50.1 Å². The molecule has 9 aliphatic rings. The molecule has 7 saturated heterocycles. The predicted molar refractivity (Wildman–Crippen MR) is 357 cm³/mol. The highest BCUT2D eigenvalue weighted by Gasteiger charge is 2.75. The van der Waals surface area contributed by atoms with E-state index in [9.17, 15) is 89.3 Å². The van der Waals surface area contributed by atoms with Gasteiger partial charge >= 0.3 is 41.8 Å². The van der Waals surface area contributed by atoms with Crippen molar-refractivity contribution in [2.24, 2.45) is 35.5 Å². The summed E-state index contributed by atoms with van der Waals surface area (Å²) in [5.74, 6) is -15.3. The summed E-state index contributed by atoms with van der Waals surface area (Å²) in [6, 6.07) is 9.75. The van der Waals surface area contributed by atoms with Crippen molar-refractivity contribution in [1.29, 1.82) is 0 Å². The number of ether oxygens (including phenoxy) is 9. The first-order valence-electron chi connectivity index (χ1n) is 32.0. The van der Waals surface area contributed by atoms with Gasteiger partial charge in [0, 0.05) is 11.8 Å². The summed E-state index contributed by atoms with van der Waals surface area (Å²) < 4.78 is 206. The molecule has 0 spiro atoms. The Hall–Kier alpha value is -6.00. The highest BCUT2D eigenvalue weighted by Crippen LogP contribution is 2.59. The first kappa shape index (κ1) is 80.5. The van der Waals surface area contributed by atoms with Crippen molar-refractivity contribution < 1.29 is 140 Å². The topological polar surface area (TPSA) is 461 Å². The lowest BCUT2D eigenvalue weighted by Gasteiger charge is -2.30. The Kier molecular flexibility index (Phi) is 24.5. The molecule has 2 saturated carbocycles. The number of carbonyl (C=O) groups excluding carboxylic acids is 7. The third-order valence-corrected chi connectivity index (χ3v) is 25.0. The van der Waals surface area contributed by atoms with Crippen LogP contribution in [-0.4, -0.2) is 277 Å². The molecule has 104 heavy (non-hydrogen) atoms. The zero-order valence-electron chi connectivity index (χ0n) is 54.6. The number of fused-ring (bicyclic) bond motifs is 3. The van der Waals surface area contributed by atoms with Crippen molar-refractivity contribution in [3.05, 3.63) is 103 Å². The van der Waals surface area contributed by atoms with E-state index in [4.69, 9.17) is 122 Å². The molecule has 3 aromatic carbocycles. The van der Waals surface area contributed by atoms with E-state index in [-0.39, 0.29) is 80.0 Å². The van der Waals surface area contributed by atoms with Crippen molar-refractivity contribution in [2.75, 3.05) is 37.1 Å². The second-order valence-corrected chi connectivity index (χ2v) is 33.3. The van der Waals surface area contributed by atoms with Crippen LogP contribution in [0.1, 0.15) is 87.6 Å². The van der Waals surface area contributed by atoms with Crippen LogP contribution in [0.15, 0.2) is 36.4 Å². The minimum Gasteiger partial charge on any atom is -0.748 e. The molecule has 538 valence electrons. The largest absolute Gasteiger partial charge is 0.748 e. The number of rotatable bonds is 27. The van der Waals surface area contributed by atoms with E-state index in [2.05, 4.69) is 0 Å². The predicted octanol–water partition coefficient (Wildman–Crippen LogP) is -5.29. The standard InChI is InChI=1S/C20H21B3O10S2.C20H19B3O10S.C19H19B3O11S2/c21-6-9-3-10(7-22)14(8-23)11(4-9)19(24)32-16-12-5-13-17(16)33-35(29,30)18(13)15(12)20(25)31-1-2-34(26,27)28;21-5-8-3-9(6-22)11(7-23)10(4-8)18(24)32-16-14-12(19(25)30-1-2-34(27,28)29)13-15(31-14)17(16)33-20(13)26;20-5-8-3-9(6-21)11(7-22)10(4-8)18(23)32-14-13-12(19(24)30-1-2-34(25,26)27)17-16(31-13)15(14)33-35(17,28)29/h3-4,12-13,15-18H,1-2,5-8H2,(H,26,27,28);3-4,12-17H,1-2,5-7H2,(H,27,28,29);3-4,12-17H,1-2,5-7H2,(H,25,26,27)/p-3. The Morgan fingerprint density at radius 2 is 0.788 bits per heavy atom. The van der Waals surface area contributed by atoms with Crippen molar-refractivity contribution >= 4 is 163 Å². The lowest BCUT2D eigenvalue weighted by Crippen LogP contribution is -2.50. The zero-order chi connectivity index (χ0) is 76.2. The van der Waals surface area contributed by atoms with Crippen molar-refractivity contribution in [3.8, 4) is 0 Å². The van der Waals surface area contributed by atoms with Gasteiger partial charge in [0.2, 0.25) is 0 Å². The Morgan fingerprint density at radius 1 is 0.423 bits per heavy atom. The summed E-state index contributed by atoms with van der Waals surface area (Å²) in [6.45, 7) is -2.16. The maximum absolute atomic E-state index is 13.2. The Balaban J connectivity index is 0.000000167. The molecule has 6 bridgehead atoms. The minimum atomic E-state index is -4.66. The highest BCUT2D eigenvalue weighted by atomic mass is 32.2. The van der Waals surface area contributed by atoms with Crippen LogP contribution in [0, 0.1) is 35.5 Å². The van der Waals surface area contributed by atoms with Crippen LogP contribution < -0.4 is 0 Å². The molecule has 7 aliphatic heterocycles. The first-order valence-corrected chi connectivity index (χ1v) is 39.6.